The fourth-order valence-corrected chi connectivity index (χ4v) is 2.63. The Hall–Kier alpha value is -1.06. The van der Waals surface area contributed by atoms with Gasteiger partial charge in [0.25, 0.3) is 0 Å². The number of nitrogens with zero attached hydrogens (tertiary/aromatic N) is 1. The number of aryl methyl sites for hydroxylation is 1. The minimum absolute atomic E-state index is 0.0358. The molecule has 1 amide bonds. The number of rotatable bonds is 3. The van der Waals surface area contributed by atoms with Crippen molar-refractivity contribution in [2.75, 3.05) is 18.4 Å². The standard InChI is InChI=1S/C15H21ClN2O/c1-11-6-7-13(9-14(11)16)17-15(19)10-18-8-4-3-5-12(18)2/h6-7,9,12H,3-5,8,10H2,1-2H3,(H,17,19)/t12-/m1/s1. The van der Waals surface area contributed by atoms with E-state index >= 15 is 0 Å². The van der Waals surface area contributed by atoms with E-state index in [1.54, 1.807) is 6.07 Å². The van der Waals surface area contributed by atoms with Gasteiger partial charge in [-0.15, -0.1) is 0 Å². The van der Waals surface area contributed by atoms with Crippen LogP contribution in [0.1, 0.15) is 31.7 Å². The molecule has 1 aliphatic heterocycles. The molecule has 0 radical (unpaired) electrons. The van der Waals surface area contributed by atoms with Crippen molar-refractivity contribution in [3.8, 4) is 0 Å². The van der Waals surface area contributed by atoms with Crippen LogP contribution in [0, 0.1) is 6.92 Å². The molecule has 1 heterocycles. The number of hydrogen-bond donors (Lipinski definition) is 1. The van der Waals surface area contributed by atoms with Crippen LogP contribution in [0.4, 0.5) is 5.69 Å². The maximum atomic E-state index is 12.0. The molecule has 1 atom stereocenters. The van der Waals surface area contributed by atoms with Crippen LogP contribution in [-0.4, -0.2) is 29.9 Å². The number of benzene rings is 1. The van der Waals surface area contributed by atoms with Crippen molar-refractivity contribution in [1.82, 2.24) is 4.90 Å². The SMILES string of the molecule is Cc1ccc(NC(=O)CN2CCCC[C@H]2C)cc1Cl. The summed E-state index contributed by atoms with van der Waals surface area (Å²) in [7, 11) is 0. The Morgan fingerprint density at radius 1 is 1.47 bits per heavy atom. The van der Waals surface area contributed by atoms with E-state index in [2.05, 4.69) is 17.1 Å². The first kappa shape index (κ1) is 14.4. The summed E-state index contributed by atoms with van der Waals surface area (Å²) in [6.07, 6.45) is 3.64. The molecule has 1 aliphatic rings. The van der Waals surface area contributed by atoms with Crippen molar-refractivity contribution in [3.63, 3.8) is 0 Å². The Morgan fingerprint density at radius 3 is 2.95 bits per heavy atom. The summed E-state index contributed by atoms with van der Waals surface area (Å²) in [4.78, 5) is 14.3. The van der Waals surface area contributed by atoms with Gasteiger partial charge in [0.1, 0.15) is 0 Å². The number of likely N-dealkylation sites (tertiary alicyclic amines) is 1. The maximum Gasteiger partial charge on any atom is 0.238 e. The molecule has 0 aliphatic carbocycles. The van der Waals surface area contributed by atoms with E-state index < -0.39 is 0 Å². The molecule has 1 saturated heterocycles. The van der Waals surface area contributed by atoms with Crippen molar-refractivity contribution in [3.05, 3.63) is 28.8 Å². The molecule has 19 heavy (non-hydrogen) atoms. The Kier molecular flexibility index (Phi) is 4.83. The third-order valence-corrected chi connectivity index (χ3v) is 4.15. The number of nitrogens with one attached hydrogen (secondary N) is 1. The van der Waals surface area contributed by atoms with Gasteiger partial charge in [-0.25, -0.2) is 0 Å². The molecule has 4 heteroatoms. The highest BCUT2D eigenvalue weighted by Crippen LogP contribution is 2.20. The van der Waals surface area contributed by atoms with Crippen LogP contribution >= 0.6 is 11.6 Å². The number of amides is 1. The van der Waals surface area contributed by atoms with Crippen molar-refractivity contribution in [1.29, 1.82) is 0 Å². The largest absolute Gasteiger partial charge is 0.325 e. The molecule has 3 nitrogen and oxygen atoms in total. The molecule has 1 N–H and O–H groups in total. The normalized spacial score (nSPS) is 20.3. The first-order valence-corrected chi connectivity index (χ1v) is 7.24. The molecule has 1 aromatic rings. The second kappa shape index (κ2) is 6.40. The summed E-state index contributed by atoms with van der Waals surface area (Å²) >= 11 is 6.05. The molecule has 0 aromatic heterocycles. The van der Waals surface area contributed by atoms with Gasteiger partial charge in [-0.1, -0.05) is 24.1 Å². The third kappa shape index (κ3) is 3.95. The van der Waals surface area contributed by atoms with Gasteiger partial charge in [0, 0.05) is 16.8 Å². The smallest absolute Gasteiger partial charge is 0.238 e. The average Bonchev–Trinajstić information content (AvgIpc) is 2.37. The Balaban J connectivity index is 1.91. The van der Waals surface area contributed by atoms with Gasteiger partial charge in [0.05, 0.1) is 6.54 Å². The fraction of sp³-hybridized carbons (Fsp3) is 0.533. The van der Waals surface area contributed by atoms with Crippen molar-refractivity contribution in [2.45, 2.75) is 39.2 Å². The van der Waals surface area contributed by atoms with E-state index in [-0.39, 0.29) is 5.91 Å². The van der Waals surface area contributed by atoms with E-state index in [9.17, 15) is 4.79 Å². The van der Waals surface area contributed by atoms with Crippen LogP contribution in [0.3, 0.4) is 0 Å². The predicted octanol–water partition coefficient (Wildman–Crippen LogP) is 3.46. The van der Waals surface area contributed by atoms with E-state index in [1.165, 1.54) is 19.3 Å². The highest BCUT2D eigenvalue weighted by Gasteiger charge is 2.20. The van der Waals surface area contributed by atoms with E-state index in [0.717, 1.165) is 17.8 Å². The molecule has 2 rings (SSSR count). The fourth-order valence-electron chi connectivity index (χ4n) is 2.45. The summed E-state index contributed by atoms with van der Waals surface area (Å²) in [6.45, 7) is 5.62. The monoisotopic (exact) mass is 280 g/mol. The molecule has 0 bridgehead atoms. The first-order chi connectivity index (χ1) is 9.06. The molecule has 104 valence electrons. The molecule has 0 spiro atoms. The lowest BCUT2D eigenvalue weighted by Crippen LogP contribution is -2.42. The Morgan fingerprint density at radius 2 is 2.26 bits per heavy atom. The van der Waals surface area contributed by atoms with Gasteiger partial charge in [-0.2, -0.15) is 0 Å². The van der Waals surface area contributed by atoms with Crippen molar-refractivity contribution < 1.29 is 4.79 Å². The van der Waals surface area contributed by atoms with E-state index in [4.69, 9.17) is 11.6 Å². The second-order valence-corrected chi connectivity index (χ2v) is 5.73. The minimum Gasteiger partial charge on any atom is -0.325 e. The average molecular weight is 281 g/mol. The van der Waals surface area contributed by atoms with Gasteiger partial charge < -0.3 is 5.32 Å². The van der Waals surface area contributed by atoms with Crippen LogP contribution in [0.25, 0.3) is 0 Å². The predicted molar refractivity (Wildman–Crippen MR) is 79.7 cm³/mol. The topological polar surface area (TPSA) is 32.3 Å². The summed E-state index contributed by atoms with van der Waals surface area (Å²) in [5.74, 6) is 0.0358. The van der Waals surface area contributed by atoms with Gasteiger partial charge in [0.15, 0.2) is 0 Å². The van der Waals surface area contributed by atoms with Crippen molar-refractivity contribution >= 4 is 23.2 Å². The number of piperidine rings is 1. The number of carbonyl (C=O) groups is 1. The van der Waals surface area contributed by atoms with Crippen LogP contribution in [-0.2, 0) is 4.79 Å². The van der Waals surface area contributed by atoms with Gasteiger partial charge in [0.2, 0.25) is 5.91 Å². The second-order valence-electron chi connectivity index (χ2n) is 5.33. The van der Waals surface area contributed by atoms with Gasteiger partial charge >= 0.3 is 0 Å². The quantitative estimate of drug-likeness (QED) is 0.920. The maximum absolute atomic E-state index is 12.0. The zero-order chi connectivity index (χ0) is 13.8. The minimum atomic E-state index is 0.0358. The van der Waals surface area contributed by atoms with Gasteiger partial charge in [-0.3, -0.25) is 9.69 Å². The molecule has 0 unspecified atom stereocenters. The summed E-state index contributed by atoms with van der Waals surface area (Å²) in [5.41, 5.74) is 1.79. The lowest BCUT2D eigenvalue weighted by molar-refractivity contribution is -0.118. The van der Waals surface area contributed by atoms with E-state index in [1.807, 2.05) is 19.1 Å². The summed E-state index contributed by atoms with van der Waals surface area (Å²) in [5, 5.41) is 3.60. The molecular weight excluding hydrogens is 260 g/mol. The van der Waals surface area contributed by atoms with Crippen LogP contribution in [0.15, 0.2) is 18.2 Å². The first-order valence-electron chi connectivity index (χ1n) is 6.86. The van der Waals surface area contributed by atoms with Gasteiger partial charge in [-0.05, 0) is 50.9 Å². The lowest BCUT2D eigenvalue weighted by atomic mass is 10.0. The molecular formula is C15H21ClN2O. The molecule has 1 aromatic carbocycles. The summed E-state index contributed by atoms with van der Waals surface area (Å²) < 4.78 is 0. The molecule has 1 fully saturated rings. The number of carbonyl (C=O) groups excluding carboxylic acids is 1. The third-order valence-electron chi connectivity index (χ3n) is 3.74. The Bertz CT molecular complexity index is 461. The van der Waals surface area contributed by atoms with E-state index in [0.29, 0.717) is 17.6 Å². The van der Waals surface area contributed by atoms with Crippen molar-refractivity contribution in [2.24, 2.45) is 0 Å². The lowest BCUT2D eigenvalue weighted by Gasteiger charge is -2.32. The number of anilines is 1. The zero-order valence-corrected chi connectivity index (χ0v) is 12.3. The molecule has 0 saturated carbocycles. The summed E-state index contributed by atoms with van der Waals surface area (Å²) in [6, 6.07) is 6.11. The van der Waals surface area contributed by atoms with Crippen LogP contribution in [0.2, 0.25) is 5.02 Å². The van der Waals surface area contributed by atoms with Crippen LogP contribution in [0.5, 0.6) is 0 Å². The number of halogens is 1. The number of hydrogen-bond acceptors (Lipinski definition) is 2. The van der Waals surface area contributed by atoms with Crippen LogP contribution < -0.4 is 5.32 Å². The Labute approximate surface area is 119 Å². The highest BCUT2D eigenvalue weighted by atomic mass is 35.5. The highest BCUT2D eigenvalue weighted by molar-refractivity contribution is 6.31. The zero-order valence-electron chi connectivity index (χ0n) is 11.6.